The molecule has 0 fully saturated rings. The number of aliphatic hydroxyl groups excluding tert-OH is 1. The highest BCUT2D eigenvalue weighted by Gasteiger charge is 2.04. The van der Waals surface area contributed by atoms with E-state index < -0.39 is 0 Å². The van der Waals surface area contributed by atoms with Crippen molar-refractivity contribution in [3.05, 3.63) is 0 Å². The minimum Gasteiger partial charge on any atom is -1.00 e. The van der Waals surface area contributed by atoms with E-state index in [1.807, 2.05) is 0 Å². The van der Waals surface area contributed by atoms with Crippen molar-refractivity contribution in [2.45, 2.75) is 71.1 Å². The molecule has 0 atom stereocenters. The summed E-state index contributed by atoms with van der Waals surface area (Å²) in [5, 5.41) is 7.00. The fraction of sp³-hybridized carbons (Fsp3) is 1.00. The Kier molecular flexibility index (Phi) is 23.2. The summed E-state index contributed by atoms with van der Waals surface area (Å²) < 4.78 is 1.12. The number of rotatable bonds is 11. The molecule has 0 amide bonds. The van der Waals surface area contributed by atoms with Crippen LogP contribution in [0.25, 0.3) is 0 Å². The van der Waals surface area contributed by atoms with E-state index in [-0.39, 0.29) is 12.4 Å². The van der Waals surface area contributed by atoms with Gasteiger partial charge in [-0.15, -0.1) is 0 Å². The second-order valence-electron chi connectivity index (χ2n) is 6.20. The van der Waals surface area contributed by atoms with Gasteiger partial charge in [0.25, 0.3) is 0 Å². The molecule has 0 saturated heterocycles. The Morgan fingerprint density at radius 1 is 0.632 bits per heavy atom. The molecule has 0 aromatic rings. The molecular weight excluding hydrogens is 258 g/mol. The maximum atomic E-state index is 7.00. The maximum Gasteiger partial charge on any atom is 0.0780 e. The van der Waals surface area contributed by atoms with Crippen molar-refractivity contribution in [1.82, 2.24) is 0 Å². The van der Waals surface area contributed by atoms with Crippen LogP contribution in [0, 0.1) is 0 Å². The molecule has 0 rings (SSSR count). The lowest BCUT2D eigenvalue weighted by atomic mass is 10.1. The minimum absolute atomic E-state index is 0. The number of aliphatic hydroxyl groups is 1. The van der Waals surface area contributed by atoms with E-state index in [1.54, 1.807) is 0 Å². The third-order valence-corrected chi connectivity index (χ3v) is 3.18. The minimum atomic E-state index is 0. The highest BCUT2D eigenvalue weighted by molar-refractivity contribution is 4.47. The van der Waals surface area contributed by atoms with Gasteiger partial charge >= 0.3 is 0 Å². The fourth-order valence-electron chi connectivity index (χ4n) is 2.07. The third kappa shape index (κ3) is 27.4. The molecule has 1 N–H and O–H groups in total. The Bertz CT molecular complexity index is 146. The molecule has 2 nitrogen and oxygen atoms in total. The lowest BCUT2D eigenvalue weighted by Crippen LogP contribution is -3.00. The summed E-state index contributed by atoms with van der Waals surface area (Å²) in [6.45, 7) is 3.62. The molecule has 0 radical (unpaired) electrons. The van der Waals surface area contributed by atoms with Gasteiger partial charge in [0.1, 0.15) is 0 Å². The first-order valence-electron chi connectivity index (χ1n) is 7.81. The average Bonchev–Trinajstić information content (AvgIpc) is 2.33. The second-order valence-corrected chi connectivity index (χ2v) is 6.20. The summed E-state index contributed by atoms with van der Waals surface area (Å²) in [6.07, 6.45) is 14.4. The molecule has 0 unspecified atom stereocenters. The largest absolute Gasteiger partial charge is 1.00 e. The zero-order valence-electron chi connectivity index (χ0n) is 14.1. The first-order chi connectivity index (χ1) is 8.56. The van der Waals surface area contributed by atoms with Crippen molar-refractivity contribution in [2.24, 2.45) is 0 Å². The van der Waals surface area contributed by atoms with Crippen molar-refractivity contribution >= 4 is 0 Å². The van der Waals surface area contributed by atoms with Crippen LogP contribution in [0.2, 0.25) is 0 Å². The van der Waals surface area contributed by atoms with Crippen LogP contribution in [0.4, 0.5) is 0 Å². The highest BCUT2D eigenvalue weighted by atomic mass is 35.5. The fourth-order valence-corrected chi connectivity index (χ4v) is 2.07. The molecule has 0 bridgehead atoms. The van der Waals surface area contributed by atoms with Gasteiger partial charge in [0.2, 0.25) is 0 Å². The Labute approximate surface area is 128 Å². The van der Waals surface area contributed by atoms with Crippen LogP contribution in [0.3, 0.4) is 0 Å². The summed E-state index contributed by atoms with van der Waals surface area (Å²) >= 11 is 0. The van der Waals surface area contributed by atoms with Crippen LogP contribution in [0.15, 0.2) is 0 Å². The average molecular weight is 296 g/mol. The van der Waals surface area contributed by atoms with Crippen LogP contribution < -0.4 is 12.4 Å². The van der Waals surface area contributed by atoms with E-state index in [2.05, 4.69) is 28.1 Å². The van der Waals surface area contributed by atoms with E-state index in [9.17, 15) is 0 Å². The molecule has 3 heteroatoms. The monoisotopic (exact) mass is 295 g/mol. The zero-order valence-corrected chi connectivity index (χ0v) is 14.8. The highest BCUT2D eigenvalue weighted by Crippen LogP contribution is 2.10. The number of halogens is 1. The molecule has 0 heterocycles. The van der Waals surface area contributed by atoms with Gasteiger partial charge in [-0.05, 0) is 12.8 Å². The van der Waals surface area contributed by atoms with Crippen molar-refractivity contribution in [2.75, 3.05) is 34.8 Å². The molecule has 0 saturated carbocycles. The van der Waals surface area contributed by atoms with Gasteiger partial charge < -0.3 is 22.0 Å². The molecule has 120 valence electrons. The molecule has 0 aromatic carbocycles. The molecule has 0 aliphatic heterocycles. The van der Waals surface area contributed by atoms with Gasteiger partial charge in [0.15, 0.2) is 0 Å². The van der Waals surface area contributed by atoms with Crippen LogP contribution in [-0.2, 0) is 0 Å². The molecule has 19 heavy (non-hydrogen) atoms. The van der Waals surface area contributed by atoms with E-state index in [4.69, 9.17) is 5.11 Å². The zero-order chi connectivity index (χ0) is 14.3. The topological polar surface area (TPSA) is 20.2 Å². The van der Waals surface area contributed by atoms with Crippen molar-refractivity contribution in [1.29, 1.82) is 0 Å². The number of quaternary nitrogens is 1. The van der Waals surface area contributed by atoms with Gasteiger partial charge in [0, 0.05) is 7.11 Å². The second kappa shape index (κ2) is 18.2. The lowest BCUT2D eigenvalue weighted by Gasteiger charge is -2.23. The van der Waals surface area contributed by atoms with Crippen LogP contribution in [-0.4, -0.2) is 44.4 Å². The quantitative estimate of drug-likeness (QED) is 0.449. The van der Waals surface area contributed by atoms with E-state index in [0.717, 1.165) is 11.6 Å². The van der Waals surface area contributed by atoms with E-state index in [1.165, 1.54) is 70.8 Å². The predicted octanol–water partition coefficient (Wildman–Crippen LogP) is 1.23. The summed E-state index contributed by atoms with van der Waals surface area (Å²) in [6, 6.07) is 0. The SMILES string of the molecule is CCCCCCCCCCCC[N+](C)(C)C.CO.[Cl-]. The molecule has 0 spiro atoms. The summed E-state index contributed by atoms with van der Waals surface area (Å²) in [7, 11) is 7.86. The van der Waals surface area contributed by atoms with Crippen molar-refractivity contribution in [3.8, 4) is 0 Å². The first kappa shape index (κ1) is 24.2. The first-order valence-corrected chi connectivity index (χ1v) is 7.81. The van der Waals surface area contributed by atoms with Gasteiger partial charge in [-0.3, -0.25) is 0 Å². The van der Waals surface area contributed by atoms with E-state index in [0.29, 0.717) is 0 Å². The Morgan fingerprint density at radius 3 is 1.26 bits per heavy atom. The predicted molar refractivity (Wildman–Crippen MR) is 82.9 cm³/mol. The molecule has 0 aliphatic rings. The molecule has 0 aromatic heterocycles. The smallest absolute Gasteiger partial charge is 0.0780 e. The standard InChI is InChI=1S/C15H34N.CH4O.ClH/c1-5-6-7-8-9-10-11-12-13-14-15-16(2,3)4;1-2;/h5-15H2,1-4H3;2H,1H3;1H/q+1;;/p-1. The maximum absolute atomic E-state index is 7.00. The van der Waals surface area contributed by atoms with Crippen LogP contribution >= 0.6 is 0 Å². The Balaban J connectivity index is -0.000000809. The molecule has 0 aliphatic carbocycles. The Hall–Kier alpha value is 0.210. The lowest BCUT2D eigenvalue weighted by molar-refractivity contribution is -0.870. The number of nitrogens with zero attached hydrogens (tertiary/aromatic N) is 1. The number of unbranched alkanes of at least 4 members (excludes halogenated alkanes) is 9. The van der Waals surface area contributed by atoms with E-state index >= 15 is 0 Å². The molecular formula is C16H38ClNO. The van der Waals surface area contributed by atoms with Gasteiger partial charge in [0.05, 0.1) is 27.7 Å². The van der Waals surface area contributed by atoms with Crippen LogP contribution in [0.5, 0.6) is 0 Å². The van der Waals surface area contributed by atoms with Crippen molar-refractivity contribution < 1.29 is 22.0 Å². The van der Waals surface area contributed by atoms with Gasteiger partial charge in [-0.25, -0.2) is 0 Å². The summed E-state index contributed by atoms with van der Waals surface area (Å²) in [5.41, 5.74) is 0. The summed E-state index contributed by atoms with van der Waals surface area (Å²) in [5.74, 6) is 0. The van der Waals surface area contributed by atoms with Gasteiger partial charge in [-0.2, -0.15) is 0 Å². The normalized spacial score (nSPS) is 10.4. The van der Waals surface area contributed by atoms with Gasteiger partial charge in [-0.1, -0.05) is 58.3 Å². The summed E-state index contributed by atoms with van der Waals surface area (Å²) in [4.78, 5) is 0. The third-order valence-electron chi connectivity index (χ3n) is 3.18. The van der Waals surface area contributed by atoms with Crippen molar-refractivity contribution in [3.63, 3.8) is 0 Å². The number of hydrogen-bond acceptors (Lipinski definition) is 1. The Morgan fingerprint density at radius 2 is 0.947 bits per heavy atom. The number of hydrogen-bond donors (Lipinski definition) is 1. The van der Waals surface area contributed by atoms with Crippen LogP contribution in [0.1, 0.15) is 71.1 Å².